The number of nitrogens with zero attached hydrogens (tertiary/aromatic N) is 1. The minimum absolute atomic E-state index is 0.172. The fourth-order valence-electron chi connectivity index (χ4n) is 2.13. The van der Waals surface area contributed by atoms with Gasteiger partial charge in [0.05, 0.1) is 5.56 Å². The third-order valence-corrected chi connectivity index (χ3v) is 4.12. The topological polar surface area (TPSA) is 32.3 Å². The van der Waals surface area contributed by atoms with Gasteiger partial charge in [0.25, 0.3) is 5.91 Å². The van der Waals surface area contributed by atoms with Gasteiger partial charge in [-0.05, 0) is 43.8 Å². The average Bonchev–Trinajstić information content (AvgIpc) is 2.75. The van der Waals surface area contributed by atoms with E-state index in [0.29, 0.717) is 6.04 Å². The molecule has 0 bridgehead atoms. The molecule has 1 saturated heterocycles. The molecule has 0 spiro atoms. The lowest BCUT2D eigenvalue weighted by molar-refractivity contribution is 0.0703. The van der Waals surface area contributed by atoms with E-state index in [0.717, 1.165) is 37.1 Å². The van der Waals surface area contributed by atoms with E-state index in [9.17, 15) is 4.79 Å². The monoisotopic (exact) mass is 238 g/mol. The Labute approximate surface area is 100 Å². The van der Waals surface area contributed by atoms with Gasteiger partial charge in [-0.1, -0.05) is 0 Å². The number of carbonyl (C=O) groups is 1. The van der Waals surface area contributed by atoms with Crippen molar-refractivity contribution in [1.29, 1.82) is 0 Å². The smallest absolute Gasteiger partial charge is 0.254 e. The summed E-state index contributed by atoms with van der Waals surface area (Å²) in [6, 6.07) is 0.396. The van der Waals surface area contributed by atoms with Crippen molar-refractivity contribution in [3.05, 3.63) is 21.9 Å². The van der Waals surface area contributed by atoms with Crippen LogP contribution >= 0.6 is 11.3 Å². The van der Waals surface area contributed by atoms with Crippen LogP contribution in [0.4, 0.5) is 0 Å². The first-order chi connectivity index (χ1) is 7.70. The summed E-state index contributed by atoms with van der Waals surface area (Å²) in [6.45, 7) is 4.04. The molecule has 0 aromatic carbocycles. The zero-order chi connectivity index (χ0) is 11.5. The Balaban J connectivity index is 2.06. The molecular formula is C12H18N2OS. The summed E-state index contributed by atoms with van der Waals surface area (Å²) in [6.07, 6.45) is 2.12. The number of rotatable bonds is 2. The molecular weight excluding hydrogens is 220 g/mol. The van der Waals surface area contributed by atoms with E-state index in [1.165, 1.54) is 0 Å². The molecule has 0 saturated carbocycles. The number of aryl methyl sites for hydroxylation is 1. The van der Waals surface area contributed by atoms with E-state index in [2.05, 4.69) is 5.32 Å². The third-order valence-electron chi connectivity index (χ3n) is 3.26. The maximum absolute atomic E-state index is 12.2. The van der Waals surface area contributed by atoms with Gasteiger partial charge >= 0.3 is 0 Å². The van der Waals surface area contributed by atoms with Crippen LogP contribution in [0.3, 0.4) is 0 Å². The maximum Gasteiger partial charge on any atom is 0.254 e. The molecule has 16 heavy (non-hydrogen) atoms. The van der Waals surface area contributed by atoms with Crippen LogP contribution in [-0.4, -0.2) is 37.0 Å². The Bertz CT molecular complexity index is 369. The zero-order valence-electron chi connectivity index (χ0n) is 9.82. The number of amides is 1. The van der Waals surface area contributed by atoms with E-state index in [1.807, 2.05) is 29.6 Å². The molecule has 0 radical (unpaired) electrons. The van der Waals surface area contributed by atoms with Crippen molar-refractivity contribution in [1.82, 2.24) is 10.2 Å². The number of carbonyl (C=O) groups excluding carboxylic acids is 1. The molecule has 88 valence electrons. The standard InChI is InChI=1S/C12H18N2OS/c1-9-7-16-8-11(9)12(15)14(2)10-3-5-13-6-4-10/h7-8,10,13H,3-6H2,1-2H3. The third kappa shape index (κ3) is 2.28. The molecule has 2 heterocycles. The van der Waals surface area contributed by atoms with Gasteiger partial charge in [-0.3, -0.25) is 4.79 Å². The summed E-state index contributed by atoms with van der Waals surface area (Å²) in [5.74, 6) is 0.172. The van der Waals surface area contributed by atoms with E-state index in [1.54, 1.807) is 11.3 Å². The number of nitrogens with one attached hydrogen (secondary N) is 1. The Kier molecular flexibility index (Phi) is 3.61. The summed E-state index contributed by atoms with van der Waals surface area (Å²) in [4.78, 5) is 14.2. The van der Waals surface area contributed by atoms with Gasteiger partial charge in [0, 0.05) is 18.5 Å². The van der Waals surface area contributed by atoms with Crippen LogP contribution in [0.15, 0.2) is 10.8 Å². The fraction of sp³-hybridized carbons (Fsp3) is 0.583. The Morgan fingerprint density at radius 3 is 2.69 bits per heavy atom. The maximum atomic E-state index is 12.2. The summed E-state index contributed by atoms with van der Waals surface area (Å²) >= 11 is 1.60. The molecule has 0 unspecified atom stereocenters. The molecule has 2 rings (SSSR count). The van der Waals surface area contributed by atoms with Gasteiger partial charge < -0.3 is 10.2 Å². The van der Waals surface area contributed by atoms with Gasteiger partial charge in [0.1, 0.15) is 0 Å². The van der Waals surface area contributed by atoms with Crippen LogP contribution in [0.2, 0.25) is 0 Å². The average molecular weight is 238 g/mol. The highest BCUT2D eigenvalue weighted by atomic mass is 32.1. The molecule has 0 atom stereocenters. The number of hydrogen-bond donors (Lipinski definition) is 1. The van der Waals surface area contributed by atoms with E-state index < -0.39 is 0 Å². The van der Waals surface area contributed by atoms with E-state index >= 15 is 0 Å². The summed E-state index contributed by atoms with van der Waals surface area (Å²) in [5, 5.41) is 7.30. The normalized spacial score (nSPS) is 17.4. The van der Waals surface area contributed by atoms with Crippen molar-refractivity contribution in [2.24, 2.45) is 0 Å². The Hall–Kier alpha value is -0.870. The molecule has 1 fully saturated rings. The number of hydrogen-bond acceptors (Lipinski definition) is 3. The van der Waals surface area contributed by atoms with Gasteiger partial charge in [-0.25, -0.2) is 0 Å². The predicted molar refractivity (Wildman–Crippen MR) is 67.0 cm³/mol. The minimum Gasteiger partial charge on any atom is -0.339 e. The lowest BCUT2D eigenvalue weighted by Crippen LogP contribution is -2.44. The molecule has 1 aromatic heterocycles. The Morgan fingerprint density at radius 2 is 2.12 bits per heavy atom. The fourth-order valence-corrected chi connectivity index (χ4v) is 2.95. The summed E-state index contributed by atoms with van der Waals surface area (Å²) in [7, 11) is 1.93. The molecule has 1 N–H and O–H groups in total. The van der Waals surface area contributed by atoms with Crippen LogP contribution in [0, 0.1) is 6.92 Å². The van der Waals surface area contributed by atoms with Gasteiger partial charge in [-0.2, -0.15) is 11.3 Å². The molecule has 0 aliphatic carbocycles. The first-order valence-electron chi connectivity index (χ1n) is 5.71. The highest BCUT2D eigenvalue weighted by Crippen LogP contribution is 2.19. The SMILES string of the molecule is Cc1cscc1C(=O)N(C)C1CCNCC1. The molecule has 4 heteroatoms. The minimum atomic E-state index is 0.172. The first kappa shape index (κ1) is 11.6. The van der Waals surface area contributed by atoms with Crippen LogP contribution in [0.25, 0.3) is 0 Å². The van der Waals surface area contributed by atoms with E-state index in [4.69, 9.17) is 0 Å². The summed E-state index contributed by atoms with van der Waals surface area (Å²) in [5.41, 5.74) is 1.96. The lowest BCUT2D eigenvalue weighted by Gasteiger charge is -2.31. The summed E-state index contributed by atoms with van der Waals surface area (Å²) < 4.78 is 0. The van der Waals surface area contributed by atoms with Gasteiger partial charge in [0.15, 0.2) is 0 Å². The largest absolute Gasteiger partial charge is 0.339 e. The Morgan fingerprint density at radius 1 is 1.44 bits per heavy atom. The second-order valence-corrected chi connectivity index (χ2v) is 5.11. The number of piperidine rings is 1. The van der Waals surface area contributed by atoms with Crippen LogP contribution in [-0.2, 0) is 0 Å². The van der Waals surface area contributed by atoms with Crippen LogP contribution < -0.4 is 5.32 Å². The van der Waals surface area contributed by atoms with E-state index in [-0.39, 0.29) is 5.91 Å². The van der Waals surface area contributed by atoms with Gasteiger partial charge in [0.2, 0.25) is 0 Å². The second kappa shape index (κ2) is 4.97. The van der Waals surface area contributed by atoms with Crippen molar-refractivity contribution in [3.8, 4) is 0 Å². The highest BCUT2D eigenvalue weighted by molar-refractivity contribution is 7.08. The second-order valence-electron chi connectivity index (χ2n) is 4.37. The molecule has 1 amide bonds. The lowest BCUT2D eigenvalue weighted by atomic mass is 10.0. The van der Waals surface area contributed by atoms with Crippen molar-refractivity contribution in [3.63, 3.8) is 0 Å². The highest BCUT2D eigenvalue weighted by Gasteiger charge is 2.23. The number of thiophene rings is 1. The van der Waals surface area contributed by atoms with Crippen molar-refractivity contribution >= 4 is 17.2 Å². The van der Waals surface area contributed by atoms with Crippen LogP contribution in [0.5, 0.6) is 0 Å². The molecule has 3 nitrogen and oxygen atoms in total. The predicted octanol–water partition coefficient (Wildman–Crippen LogP) is 1.88. The van der Waals surface area contributed by atoms with Crippen molar-refractivity contribution < 1.29 is 4.79 Å². The van der Waals surface area contributed by atoms with Crippen molar-refractivity contribution in [2.75, 3.05) is 20.1 Å². The molecule has 1 aliphatic rings. The van der Waals surface area contributed by atoms with Gasteiger partial charge in [-0.15, -0.1) is 0 Å². The zero-order valence-corrected chi connectivity index (χ0v) is 10.6. The van der Waals surface area contributed by atoms with Crippen molar-refractivity contribution in [2.45, 2.75) is 25.8 Å². The molecule has 1 aromatic rings. The quantitative estimate of drug-likeness (QED) is 0.853. The van der Waals surface area contributed by atoms with Crippen LogP contribution in [0.1, 0.15) is 28.8 Å². The first-order valence-corrected chi connectivity index (χ1v) is 6.65. The molecule has 1 aliphatic heterocycles.